The minimum atomic E-state index is -1.38. The van der Waals surface area contributed by atoms with E-state index >= 15 is 0 Å². The first-order valence-electron chi connectivity index (χ1n) is 11.8. The van der Waals surface area contributed by atoms with E-state index in [0.717, 1.165) is 67.5 Å². The zero-order chi connectivity index (χ0) is 25.2. The number of morpholine rings is 1. The largest absolute Gasteiger partial charge is 0.388 e. The van der Waals surface area contributed by atoms with Crippen LogP contribution in [0.15, 0.2) is 48.5 Å². The van der Waals surface area contributed by atoms with E-state index < -0.39 is 30.2 Å². The molecule has 2 aromatic rings. The normalized spacial score (nSPS) is 14.7. The van der Waals surface area contributed by atoms with E-state index in [-0.39, 0.29) is 0 Å². The van der Waals surface area contributed by atoms with Crippen molar-refractivity contribution in [2.24, 2.45) is 0 Å². The van der Waals surface area contributed by atoms with Crippen LogP contribution in [0, 0.1) is 0 Å². The molecule has 0 bridgehead atoms. The minimum absolute atomic E-state index is 0.342. The zero-order valence-corrected chi connectivity index (χ0v) is 20.3. The maximum absolute atomic E-state index is 12.8. The first kappa shape index (κ1) is 26.3. The van der Waals surface area contributed by atoms with Crippen LogP contribution in [-0.4, -0.2) is 98.6 Å². The van der Waals surface area contributed by atoms with Crippen LogP contribution in [0.2, 0.25) is 0 Å². The molecule has 9 heteroatoms. The van der Waals surface area contributed by atoms with E-state index in [1.54, 1.807) is 12.1 Å². The highest BCUT2D eigenvalue weighted by Gasteiger charge is 2.32. The number of aliphatic hydroxyl groups excluding tert-OH is 1. The van der Waals surface area contributed by atoms with Gasteiger partial charge in [-0.05, 0) is 48.4 Å². The van der Waals surface area contributed by atoms with Crippen LogP contribution >= 0.6 is 0 Å². The van der Waals surface area contributed by atoms with Crippen molar-refractivity contribution < 1.29 is 24.2 Å². The van der Waals surface area contributed by atoms with Gasteiger partial charge >= 0.3 is 0 Å². The Morgan fingerprint density at radius 3 is 2.20 bits per heavy atom. The second-order valence-electron chi connectivity index (χ2n) is 8.45. The van der Waals surface area contributed by atoms with E-state index in [0.29, 0.717) is 5.56 Å². The Labute approximate surface area is 206 Å². The summed E-state index contributed by atoms with van der Waals surface area (Å²) in [6.45, 7) is 4.79. The molecule has 1 saturated heterocycles. The molecule has 0 aromatic heterocycles. The van der Waals surface area contributed by atoms with Gasteiger partial charge in [0.1, 0.15) is 6.61 Å². The first-order valence-corrected chi connectivity index (χ1v) is 11.8. The molecule has 1 fully saturated rings. The van der Waals surface area contributed by atoms with E-state index in [4.69, 9.17) is 9.84 Å². The smallest absolute Gasteiger partial charge is 0.254 e. The molecule has 2 amide bonds. The molecule has 0 radical (unpaired) electrons. The molecule has 3 N–H and O–H groups in total. The molecule has 188 valence electrons. The standard InChI is InChI=1S/C26H34N4O5/c1-27-25(33)24(23(32)18-31)29(2)26(34)21-6-4-19(5-7-21)20-8-10-22(11-9-20)28-12-3-13-30-14-16-35-17-15-30/h4-11,24,28,31H,3,12-18H2,1-2H3,(H,27,33). The van der Waals surface area contributed by atoms with Crippen molar-refractivity contribution in [2.45, 2.75) is 12.5 Å². The summed E-state index contributed by atoms with van der Waals surface area (Å²) >= 11 is 0. The highest BCUT2D eigenvalue weighted by Crippen LogP contribution is 2.22. The van der Waals surface area contributed by atoms with Gasteiger partial charge in [0.05, 0.1) is 13.2 Å². The molecule has 9 nitrogen and oxygen atoms in total. The number of likely N-dealkylation sites (N-methyl/N-ethyl adjacent to an activating group) is 2. The highest BCUT2D eigenvalue weighted by atomic mass is 16.5. The molecular weight excluding hydrogens is 448 g/mol. The van der Waals surface area contributed by atoms with Gasteiger partial charge in [0.2, 0.25) is 5.91 Å². The third kappa shape index (κ3) is 7.11. The van der Waals surface area contributed by atoms with Gasteiger partial charge in [-0.3, -0.25) is 19.3 Å². The highest BCUT2D eigenvalue weighted by molar-refractivity contribution is 6.10. The molecule has 0 aliphatic carbocycles. The summed E-state index contributed by atoms with van der Waals surface area (Å²) in [5, 5.41) is 15.0. The number of rotatable bonds is 11. The molecule has 3 rings (SSSR count). The van der Waals surface area contributed by atoms with Crippen molar-refractivity contribution >= 4 is 23.3 Å². The number of carbonyl (C=O) groups excluding carboxylic acids is 3. The van der Waals surface area contributed by atoms with Gasteiger partial charge < -0.3 is 25.4 Å². The number of amides is 2. The van der Waals surface area contributed by atoms with E-state index in [2.05, 4.69) is 15.5 Å². The number of nitrogens with one attached hydrogen (secondary N) is 2. The summed E-state index contributed by atoms with van der Waals surface area (Å²) in [7, 11) is 2.75. The predicted octanol–water partition coefficient (Wildman–Crippen LogP) is 1.24. The number of nitrogens with zero attached hydrogens (tertiary/aromatic N) is 2. The third-order valence-corrected chi connectivity index (χ3v) is 6.10. The van der Waals surface area contributed by atoms with Gasteiger partial charge in [-0.1, -0.05) is 24.3 Å². The quantitative estimate of drug-likeness (QED) is 0.326. The average Bonchev–Trinajstić information content (AvgIpc) is 2.91. The Hall–Kier alpha value is -3.27. The first-order chi connectivity index (χ1) is 16.9. The van der Waals surface area contributed by atoms with Crippen LogP contribution in [0.1, 0.15) is 16.8 Å². The number of anilines is 1. The Morgan fingerprint density at radius 2 is 1.63 bits per heavy atom. The molecule has 0 saturated carbocycles. The van der Waals surface area contributed by atoms with Crippen LogP contribution in [0.4, 0.5) is 5.69 Å². The van der Waals surface area contributed by atoms with Gasteiger partial charge in [0.15, 0.2) is 11.8 Å². The van der Waals surface area contributed by atoms with Crippen molar-refractivity contribution in [1.82, 2.24) is 15.1 Å². The summed E-state index contributed by atoms with van der Waals surface area (Å²) in [6, 6.07) is 13.7. The van der Waals surface area contributed by atoms with Crippen molar-refractivity contribution in [3.63, 3.8) is 0 Å². The molecule has 2 aromatic carbocycles. The lowest BCUT2D eigenvalue weighted by Gasteiger charge is -2.26. The molecule has 1 aliphatic rings. The fourth-order valence-corrected chi connectivity index (χ4v) is 4.03. The van der Waals surface area contributed by atoms with Gasteiger partial charge in [0.25, 0.3) is 5.91 Å². The SMILES string of the molecule is CNC(=O)C(C(=O)CO)N(C)C(=O)c1ccc(-c2ccc(NCCCN3CCOCC3)cc2)cc1. The number of aliphatic hydroxyl groups is 1. The summed E-state index contributed by atoms with van der Waals surface area (Å²) < 4.78 is 5.38. The fourth-order valence-electron chi connectivity index (χ4n) is 4.03. The maximum Gasteiger partial charge on any atom is 0.254 e. The lowest BCUT2D eigenvalue weighted by atomic mass is 10.0. The summed E-state index contributed by atoms with van der Waals surface area (Å²) in [5.41, 5.74) is 3.35. The topological polar surface area (TPSA) is 111 Å². The van der Waals surface area contributed by atoms with Crippen molar-refractivity contribution in [3.05, 3.63) is 54.1 Å². The van der Waals surface area contributed by atoms with Crippen molar-refractivity contribution in [3.8, 4) is 11.1 Å². The number of ether oxygens (including phenoxy) is 1. The Balaban J connectivity index is 1.56. The average molecular weight is 483 g/mol. The Kier molecular flexibility index (Phi) is 9.77. The molecule has 0 spiro atoms. The lowest BCUT2D eigenvalue weighted by Crippen LogP contribution is -2.52. The number of hydrogen-bond donors (Lipinski definition) is 3. The van der Waals surface area contributed by atoms with Gasteiger partial charge in [-0.15, -0.1) is 0 Å². The van der Waals surface area contributed by atoms with Gasteiger partial charge in [-0.2, -0.15) is 0 Å². The Morgan fingerprint density at radius 1 is 1.03 bits per heavy atom. The summed E-state index contributed by atoms with van der Waals surface area (Å²) in [4.78, 5) is 40.4. The predicted molar refractivity (Wildman–Crippen MR) is 134 cm³/mol. The van der Waals surface area contributed by atoms with Crippen LogP contribution in [0.25, 0.3) is 11.1 Å². The molecular formula is C26H34N4O5. The number of carbonyl (C=O) groups is 3. The third-order valence-electron chi connectivity index (χ3n) is 6.10. The number of hydrogen-bond acceptors (Lipinski definition) is 7. The van der Waals surface area contributed by atoms with Crippen LogP contribution in [0.5, 0.6) is 0 Å². The minimum Gasteiger partial charge on any atom is -0.388 e. The molecule has 1 unspecified atom stereocenters. The van der Waals surface area contributed by atoms with E-state index in [9.17, 15) is 14.4 Å². The van der Waals surface area contributed by atoms with Crippen LogP contribution in [0.3, 0.4) is 0 Å². The maximum atomic E-state index is 12.8. The number of Topliss-reactive ketones (excluding diaryl/α,β-unsaturated/α-hetero) is 1. The summed E-state index contributed by atoms with van der Waals surface area (Å²) in [5.74, 6) is -1.87. The molecule has 1 atom stereocenters. The Bertz CT molecular complexity index is 972. The zero-order valence-electron chi connectivity index (χ0n) is 20.3. The number of ketones is 1. The van der Waals surface area contributed by atoms with Crippen LogP contribution < -0.4 is 10.6 Å². The number of benzene rings is 2. The second kappa shape index (κ2) is 13.0. The van der Waals surface area contributed by atoms with Crippen LogP contribution in [-0.2, 0) is 14.3 Å². The fraction of sp³-hybridized carbons (Fsp3) is 0.423. The van der Waals surface area contributed by atoms with E-state index in [1.165, 1.54) is 14.1 Å². The summed E-state index contributed by atoms with van der Waals surface area (Å²) in [6.07, 6.45) is 1.07. The monoisotopic (exact) mass is 482 g/mol. The lowest BCUT2D eigenvalue weighted by molar-refractivity contribution is -0.135. The molecule has 1 heterocycles. The van der Waals surface area contributed by atoms with Gasteiger partial charge in [-0.25, -0.2) is 0 Å². The van der Waals surface area contributed by atoms with Crippen molar-refractivity contribution in [1.29, 1.82) is 0 Å². The van der Waals surface area contributed by atoms with Gasteiger partial charge in [0, 0.05) is 45.0 Å². The molecule has 35 heavy (non-hydrogen) atoms. The van der Waals surface area contributed by atoms with E-state index in [1.807, 2.05) is 36.4 Å². The second-order valence-corrected chi connectivity index (χ2v) is 8.45. The molecule has 1 aliphatic heterocycles. The van der Waals surface area contributed by atoms with Crippen molar-refractivity contribution in [2.75, 3.05) is 65.4 Å².